The summed E-state index contributed by atoms with van der Waals surface area (Å²) in [7, 11) is 0. The fourth-order valence-corrected chi connectivity index (χ4v) is 5.01. The third kappa shape index (κ3) is 6.78. The monoisotopic (exact) mass is 377 g/mol. The number of hydrogen-bond donors (Lipinski definition) is 1. The molecule has 5 heteroatoms. The van der Waals surface area contributed by atoms with Gasteiger partial charge in [-0.1, -0.05) is 25.7 Å². The van der Waals surface area contributed by atoms with Crippen molar-refractivity contribution >= 4 is 11.8 Å². The molecule has 27 heavy (non-hydrogen) atoms. The topological polar surface area (TPSA) is 52.7 Å². The van der Waals surface area contributed by atoms with E-state index in [1.807, 2.05) is 0 Å². The number of rotatable bonds is 7. The number of nitrogens with one attached hydrogen (secondary N) is 1. The Labute approximate surface area is 165 Å². The molecule has 1 saturated carbocycles. The lowest BCUT2D eigenvalue weighted by molar-refractivity contribution is -0.138. The molecule has 1 aliphatic carbocycles. The van der Waals surface area contributed by atoms with Crippen molar-refractivity contribution in [2.24, 2.45) is 11.8 Å². The molecule has 0 aromatic heterocycles. The molecule has 1 N–H and O–H groups in total. The van der Waals surface area contributed by atoms with Crippen molar-refractivity contribution in [2.45, 2.75) is 77.0 Å². The van der Waals surface area contributed by atoms with Gasteiger partial charge in [0.15, 0.2) is 0 Å². The third-order valence-corrected chi connectivity index (χ3v) is 6.78. The van der Waals surface area contributed by atoms with E-state index >= 15 is 0 Å². The second kappa shape index (κ2) is 11.0. The van der Waals surface area contributed by atoms with E-state index in [2.05, 4.69) is 15.1 Å². The molecule has 3 aliphatic rings. The molecule has 2 amide bonds. The molecule has 2 saturated heterocycles. The van der Waals surface area contributed by atoms with Crippen LogP contribution in [-0.2, 0) is 9.59 Å². The van der Waals surface area contributed by atoms with Crippen LogP contribution in [-0.4, -0.2) is 60.9 Å². The Bertz CT molecular complexity index is 462. The van der Waals surface area contributed by atoms with Gasteiger partial charge in [0.25, 0.3) is 0 Å². The van der Waals surface area contributed by atoms with Gasteiger partial charge in [-0.25, -0.2) is 0 Å². The first kappa shape index (κ1) is 20.6. The molecule has 2 heterocycles. The summed E-state index contributed by atoms with van der Waals surface area (Å²) in [6.07, 6.45) is 13.6. The highest BCUT2D eigenvalue weighted by molar-refractivity contribution is 5.79. The zero-order valence-corrected chi connectivity index (χ0v) is 17.1. The Balaban J connectivity index is 1.26. The molecule has 0 radical (unpaired) electrons. The maximum Gasteiger partial charge on any atom is 0.225 e. The van der Waals surface area contributed by atoms with Gasteiger partial charge in [-0.05, 0) is 70.5 Å². The van der Waals surface area contributed by atoms with Crippen LogP contribution in [0.15, 0.2) is 0 Å². The van der Waals surface area contributed by atoms with E-state index in [4.69, 9.17) is 0 Å². The highest BCUT2D eigenvalue weighted by atomic mass is 16.2. The lowest BCUT2D eigenvalue weighted by Gasteiger charge is -2.35. The predicted molar refractivity (Wildman–Crippen MR) is 108 cm³/mol. The summed E-state index contributed by atoms with van der Waals surface area (Å²) in [5, 5.41) is 3.11. The predicted octanol–water partition coefficient (Wildman–Crippen LogP) is 3.19. The number of hydrogen-bond acceptors (Lipinski definition) is 3. The van der Waals surface area contributed by atoms with Gasteiger partial charge in [-0.15, -0.1) is 0 Å². The average molecular weight is 378 g/mol. The van der Waals surface area contributed by atoms with Gasteiger partial charge in [-0.3, -0.25) is 9.59 Å². The molecule has 3 rings (SSSR count). The molecule has 5 nitrogen and oxygen atoms in total. The van der Waals surface area contributed by atoms with Crippen LogP contribution < -0.4 is 5.32 Å². The minimum Gasteiger partial charge on any atom is -0.356 e. The molecule has 2 aliphatic heterocycles. The van der Waals surface area contributed by atoms with Crippen molar-refractivity contribution in [1.82, 2.24) is 15.1 Å². The van der Waals surface area contributed by atoms with Crippen LogP contribution in [0.4, 0.5) is 0 Å². The van der Waals surface area contributed by atoms with Crippen LogP contribution in [0.1, 0.15) is 77.0 Å². The molecule has 0 unspecified atom stereocenters. The Hall–Kier alpha value is -1.10. The molecular weight excluding hydrogens is 338 g/mol. The molecule has 154 valence electrons. The van der Waals surface area contributed by atoms with Crippen molar-refractivity contribution in [3.05, 3.63) is 0 Å². The standard InChI is InChI=1S/C22H39N3O2/c26-21(23-12-7-15-24-13-5-2-6-14-24)18-19-10-16-25(17-11-19)22(27)20-8-3-1-4-9-20/h19-20H,1-18H2,(H,23,26). The first-order chi connectivity index (χ1) is 13.2. The van der Waals surface area contributed by atoms with E-state index in [0.717, 1.165) is 58.3 Å². The minimum absolute atomic E-state index is 0.200. The summed E-state index contributed by atoms with van der Waals surface area (Å²) in [5.41, 5.74) is 0. The summed E-state index contributed by atoms with van der Waals surface area (Å²) in [6, 6.07) is 0. The minimum atomic E-state index is 0.200. The van der Waals surface area contributed by atoms with Crippen LogP contribution >= 0.6 is 0 Å². The number of carbonyl (C=O) groups is 2. The highest BCUT2D eigenvalue weighted by Gasteiger charge is 2.29. The second-order valence-corrected chi connectivity index (χ2v) is 8.91. The first-order valence-corrected chi connectivity index (χ1v) is 11.5. The lowest BCUT2D eigenvalue weighted by atomic mass is 9.87. The summed E-state index contributed by atoms with van der Waals surface area (Å²) in [4.78, 5) is 29.4. The number of piperidine rings is 2. The smallest absolute Gasteiger partial charge is 0.225 e. The summed E-state index contributed by atoms with van der Waals surface area (Å²) in [5.74, 6) is 1.31. The second-order valence-electron chi connectivity index (χ2n) is 8.91. The van der Waals surface area contributed by atoms with Gasteiger partial charge in [0.05, 0.1) is 0 Å². The van der Waals surface area contributed by atoms with E-state index in [1.54, 1.807) is 0 Å². The average Bonchev–Trinajstić information content (AvgIpc) is 2.73. The summed E-state index contributed by atoms with van der Waals surface area (Å²) >= 11 is 0. The Morgan fingerprint density at radius 2 is 1.48 bits per heavy atom. The maximum absolute atomic E-state index is 12.6. The van der Waals surface area contributed by atoms with Crippen LogP contribution in [0.2, 0.25) is 0 Å². The molecule has 0 aromatic rings. The zero-order chi connectivity index (χ0) is 18.9. The van der Waals surface area contributed by atoms with Gasteiger partial charge >= 0.3 is 0 Å². The maximum atomic E-state index is 12.6. The van der Waals surface area contributed by atoms with Gasteiger partial charge in [0, 0.05) is 32.0 Å². The Kier molecular flexibility index (Phi) is 8.43. The lowest BCUT2D eigenvalue weighted by Crippen LogP contribution is -2.43. The normalized spacial score (nSPS) is 23.3. The van der Waals surface area contributed by atoms with Crippen molar-refractivity contribution in [3.63, 3.8) is 0 Å². The SMILES string of the molecule is O=C(CC1CCN(C(=O)C2CCCCC2)CC1)NCCCN1CCCCC1. The molecule has 0 spiro atoms. The Morgan fingerprint density at radius 3 is 2.19 bits per heavy atom. The molecule has 0 aromatic carbocycles. The van der Waals surface area contributed by atoms with Crippen LogP contribution in [0.5, 0.6) is 0 Å². The Morgan fingerprint density at radius 1 is 0.815 bits per heavy atom. The fraction of sp³-hybridized carbons (Fsp3) is 0.909. The van der Waals surface area contributed by atoms with Crippen molar-refractivity contribution < 1.29 is 9.59 Å². The van der Waals surface area contributed by atoms with E-state index in [-0.39, 0.29) is 11.8 Å². The molecule has 3 fully saturated rings. The number of likely N-dealkylation sites (tertiary alicyclic amines) is 2. The quantitative estimate of drug-likeness (QED) is 0.693. The molecular formula is C22H39N3O2. The van der Waals surface area contributed by atoms with Gasteiger partial charge in [0.2, 0.25) is 11.8 Å². The van der Waals surface area contributed by atoms with Crippen LogP contribution in [0.25, 0.3) is 0 Å². The molecule has 0 atom stereocenters. The van der Waals surface area contributed by atoms with Crippen molar-refractivity contribution in [1.29, 1.82) is 0 Å². The van der Waals surface area contributed by atoms with Crippen LogP contribution in [0, 0.1) is 11.8 Å². The van der Waals surface area contributed by atoms with Gasteiger partial charge in [0.1, 0.15) is 0 Å². The highest BCUT2D eigenvalue weighted by Crippen LogP contribution is 2.28. The zero-order valence-electron chi connectivity index (χ0n) is 17.1. The number of carbonyl (C=O) groups excluding carboxylic acids is 2. The van der Waals surface area contributed by atoms with E-state index in [0.29, 0.717) is 18.2 Å². The molecule has 0 bridgehead atoms. The summed E-state index contributed by atoms with van der Waals surface area (Å²) < 4.78 is 0. The summed E-state index contributed by atoms with van der Waals surface area (Å²) in [6.45, 7) is 6.07. The fourth-order valence-electron chi connectivity index (χ4n) is 5.01. The van der Waals surface area contributed by atoms with Gasteiger partial charge < -0.3 is 15.1 Å². The van der Waals surface area contributed by atoms with E-state index in [1.165, 1.54) is 51.6 Å². The third-order valence-electron chi connectivity index (χ3n) is 6.78. The number of amides is 2. The van der Waals surface area contributed by atoms with E-state index < -0.39 is 0 Å². The van der Waals surface area contributed by atoms with E-state index in [9.17, 15) is 9.59 Å². The van der Waals surface area contributed by atoms with Crippen molar-refractivity contribution in [3.8, 4) is 0 Å². The van der Waals surface area contributed by atoms with Crippen molar-refractivity contribution in [2.75, 3.05) is 39.3 Å². The van der Waals surface area contributed by atoms with Gasteiger partial charge in [-0.2, -0.15) is 0 Å². The first-order valence-electron chi connectivity index (χ1n) is 11.5. The largest absolute Gasteiger partial charge is 0.356 e. The number of nitrogens with zero attached hydrogens (tertiary/aromatic N) is 2. The van der Waals surface area contributed by atoms with Crippen LogP contribution in [0.3, 0.4) is 0 Å².